The second-order valence-electron chi connectivity index (χ2n) is 6.07. The van der Waals surface area contributed by atoms with Crippen LogP contribution in [0.3, 0.4) is 0 Å². The van der Waals surface area contributed by atoms with E-state index >= 15 is 0 Å². The fraction of sp³-hybridized carbons (Fsp3) is 0.588. The van der Waals surface area contributed by atoms with Crippen molar-refractivity contribution in [2.45, 2.75) is 45.1 Å². The molecule has 1 aromatic carbocycles. The maximum absolute atomic E-state index is 12.6. The first-order valence-corrected chi connectivity index (χ1v) is 8.08. The van der Waals surface area contributed by atoms with Crippen LogP contribution in [0, 0.1) is 5.92 Å². The van der Waals surface area contributed by atoms with E-state index in [2.05, 4.69) is 17.6 Å². The first-order chi connectivity index (χ1) is 10.3. The highest BCUT2D eigenvalue weighted by Gasteiger charge is 2.25. The topological polar surface area (TPSA) is 50.4 Å². The predicted octanol–water partition coefficient (Wildman–Crippen LogP) is 3.19. The molecule has 1 aliphatic heterocycles. The maximum Gasteiger partial charge on any atom is 0.255 e. The van der Waals surface area contributed by atoms with Gasteiger partial charge in [0.15, 0.2) is 5.75 Å². The van der Waals surface area contributed by atoms with Crippen LogP contribution in [0.5, 0.6) is 5.75 Å². The van der Waals surface area contributed by atoms with Crippen molar-refractivity contribution in [2.75, 3.05) is 18.5 Å². The van der Waals surface area contributed by atoms with Crippen LogP contribution in [0.1, 0.15) is 49.4 Å². The van der Waals surface area contributed by atoms with E-state index in [4.69, 9.17) is 4.74 Å². The van der Waals surface area contributed by atoms with Gasteiger partial charge >= 0.3 is 0 Å². The van der Waals surface area contributed by atoms with Gasteiger partial charge in [0.2, 0.25) is 0 Å². The molecule has 2 atom stereocenters. The molecule has 1 fully saturated rings. The molecule has 0 saturated heterocycles. The second-order valence-corrected chi connectivity index (χ2v) is 6.07. The highest BCUT2D eigenvalue weighted by molar-refractivity contribution is 5.99. The van der Waals surface area contributed by atoms with E-state index in [0.29, 0.717) is 24.0 Å². The monoisotopic (exact) mass is 288 g/mol. The summed E-state index contributed by atoms with van der Waals surface area (Å²) in [6, 6.07) is 6.02. The van der Waals surface area contributed by atoms with Crippen molar-refractivity contribution in [1.82, 2.24) is 5.32 Å². The smallest absolute Gasteiger partial charge is 0.255 e. The zero-order valence-corrected chi connectivity index (χ0v) is 12.7. The Morgan fingerprint density at radius 1 is 1.43 bits per heavy atom. The number of anilines is 1. The molecule has 0 aromatic heterocycles. The molecule has 1 aromatic rings. The molecule has 1 heterocycles. The van der Waals surface area contributed by atoms with Crippen molar-refractivity contribution >= 4 is 11.6 Å². The summed E-state index contributed by atoms with van der Waals surface area (Å²) in [6.07, 6.45) is 5.93. The number of carbonyl (C=O) groups is 1. The second kappa shape index (κ2) is 6.37. The number of hydrogen-bond donors (Lipinski definition) is 2. The van der Waals surface area contributed by atoms with Crippen molar-refractivity contribution in [3.63, 3.8) is 0 Å². The van der Waals surface area contributed by atoms with Crippen LogP contribution < -0.4 is 15.4 Å². The van der Waals surface area contributed by atoms with Crippen molar-refractivity contribution in [2.24, 2.45) is 5.92 Å². The van der Waals surface area contributed by atoms with Crippen LogP contribution in [-0.2, 0) is 0 Å². The predicted molar refractivity (Wildman–Crippen MR) is 83.9 cm³/mol. The van der Waals surface area contributed by atoms with Crippen molar-refractivity contribution in [1.29, 1.82) is 0 Å². The third-order valence-corrected chi connectivity index (χ3v) is 4.62. The Labute approximate surface area is 126 Å². The summed E-state index contributed by atoms with van der Waals surface area (Å²) in [4.78, 5) is 12.6. The zero-order valence-electron chi connectivity index (χ0n) is 12.7. The van der Waals surface area contributed by atoms with Gasteiger partial charge in [-0.05, 0) is 30.9 Å². The quantitative estimate of drug-likeness (QED) is 0.898. The maximum atomic E-state index is 12.6. The number of benzene rings is 1. The van der Waals surface area contributed by atoms with E-state index in [1.165, 1.54) is 19.3 Å². The average molecular weight is 288 g/mol. The summed E-state index contributed by atoms with van der Waals surface area (Å²) >= 11 is 0. The van der Waals surface area contributed by atoms with Gasteiger partial charge in [0, 0.05) is 12.6 Å². The highest BCUT2D eigenvalue weighted by Crippen LogP contribution is 2.32. The molecule has 0 radical (unpaired) electrons. The van der Waals surface area contributed by atoms with E-state index in [0.717, 1.165) is 31.0 Å². The highest BCUT2D eigenvalue weighted by atomic mass is 16.5. The Kier molecular flexibility index (Phi) is 4.32. The molecule has 2 unspecified atom stereocenters. The van der Waals surface area contributed by atoms with Gasteiger partial charge in [-0.1, -0.05) is 32.3 Å². The first-order valence-electron chi connectivity index (χ1n) is 8.08. The molecule has 0 bridgehead atoms. The Bertz CT molecular complexity index is 516. The number of carbonyl (C=O) groups excluding carboxylic acids is 1. The van der Waals surface area contributed by atoms with Gasteiger partial charge in [-0.3, -0.25) is 4.79 Å². The number of rotatable bonds is 3. The summed E-state index contributed by atoms with van der Waals surface area (Å²) in [5, 5.41) is 6.48. The fourth-order valence-corrected chi connectivity index (χ4v) is 3.41. The molecule has 2 aliphatic rings. The third-order valence-electron chi connectivity index (χ3n) is 4.62. The van der Waals surface area contributed by atoms with Gasteiger partial charge in [0.1, 0.15) is 6.61 Å². The number of fused-ring (bicyclic) bond motifs is 1. The lowest BCUT2D eigenvalue weighted by molar-refractivity contribution is 0.0915. The molecule has 1 amide bonds. The minimum Gasteiger partial charge on any atom is -0.489 e. The first kappa shape index (κ1) is 14.2. The SMILES string of the molecule is CCC1CCCC(NC(=O)c2cccc3c2OCCN3)C1. The van der Waals surface area contributed by atoms with Crippen LogP contribution in [0.15, 0.2) is 18.2 Å². The molecular formula is C17H24N2O2. The minimum absolute atomic E-state index is 0.00250. The Morgan fingerprint density at radius 3 is 3.19 bits per heavy atom. The van der Waals surface area contributed by atoms with Gasteiger partial charge in [0.25, 0.3) is 5.91 Å². The lowest BCUT2D eigenvalue weighted by Gasteiger charge is -2.29. The van der Waals surface area contributed by atoms with Crippen LogP contribution in [0.4, 0.5) is 5.69 Å². The number of amides is 1. The Morgan fingerprint density at radius 2 is 2.33 bits per heavy atom. The van der Waals surface area contributed by atoms with Crippen LogP contribution in [0.2, 0.25) is 0 Å². The lowest BCUT2D eigenvalue weighted by atomic mass is 9.84. The van der Waals surface area contributed by atoms with Crippen LogP contribution >= 0.6 is 0 Å². The molecule has 3 rings (SSSR count). The zero-order chi connectivity index (χ0) is 14.7. The Balaban J connectivity index is 1.71. The van der Waals surface area contributed by atoms with Gasteiger partial charge in [-0.2, -0.15) is 0 Å². The number of ether oxygens (including phenoxy) is 1. The van der Waals surface area contributed by atoms with E-state index in [1.807, 2.05) is 18.2 Å². The van der Waals surface area contributed by atoms with Gasteiger partial charge in [-0.15, -0.1) is 0 Å². The fourth-order valence-electron chi connectivity index (χ4n) is 3.41. The van der Waals surface area contributed by atoms with Crippen molar-refractivity contribution < 1.29 is 9.53 Å². The van der Waals surface area contributed by atoms with Crippen molar-refractivity contribution in [3.8, 4) is 5.75 Å². The van der Waals surface area contributed by atoms with Gasteiger partial charge in [0.05, 0.1) is 11.3 Å². The molecule has 0 spiro atoms. The van der Waals surface area contributed by atoms with Gasteiger partial charge in [-0.25, -0.2) is 0 Å². The van der Waals surface area contributed by atoms with Gasteiger partial charge < -0.3 is 15.4 Å². The van der Waals surface area contributed by atoms with E-state index in [9.17, 15) is 4.79 Å². The molecule has 1 aliphatic carbocycles. The molecule has 21 heavy (non-hydrogen) atoms. The van der Waals surface area contributed by atoms with Crippen molar-refractivity contribution in [3.05, 3.63) is 23.8 Å². The normalized spacial score (nSPS) is 24.4. The average Bonchev–Trinajstić information content (AvgIpc) is 2.54. The minimum atomic E-state index is -0.00250. The largest absolute Gasteiger partial charge is 0.489 e. The molecular weight excluding hydrogens is 264 g/mol. The Hall–Kier alpha value is -1.71. The molecule has 4 heteroatoms. The van der Waals surface area contributed by atoms with Crippen LogP contribution in [0.25, 0.3) is 0 Å². The molecule has 114 valence electrons. The summed E-state index contributed by atoms with van der Waals surface area (Å²) in [5.41, 5.74) is 1.57. The number of para-hydroxylation sites is 1. The number of nitrogens with one attached hydrogen (secondary N) is 2. The van der Waals surface area contributed by atoms with E-state index < -0.39 is 0 Å². The van der Waals surface area contributed by atoms with E-state index in [-0.39, 0.29) is 5.91 Å². The number of hydrogen-bond acceptors (Lipinski definition) is 3. The molecule has 1 saturated carbocycles. The third kappa shape index (κ3) is 3.14. The van der Waals surface area contributed by atoms with E-state index in [1.54, 1.807) is 0 Å². The standard InChI is InChI=1S/C17H24N2O2/c1-2-12-5-3-6-13(11-12)19-17(20)14-7-4-8-15-16(14)21-10-9-18-15/h4,7-8,12-13,18H,2-3,5-6,9-11H2,1H3,(H,19,20). The molecule has 4 nitrogen and oxygen atoms in total. The summed E-state index contributed by atoms with van der Waals surface area (Å²) in [6.45, 7) is 3.64. The van der Waals surface area contributed by atoms with Crippen LogP contribution in [-0.4, -0.2) is 25.1 Å². The summed E-state index contributed by atoms with van der Waals surface area (Å²) in [7, 11) is 0. The molecule has 2 N–H and O–H groups in total. The summed E-state index contributed by atoms with van der Waals surface area (Å²) in [5.74, 6) is 1.45. The summed E-state index contributed by atoms with van der Waals surface area (Å²) < 4.78 is 5.68. The lowest BCUT2D eigenvalue weighted by Crippen LogP contribution is -2.38.